The van der Waals surface area contributed by atoms with Crippen LogP contribution in [0.1, 0.15) is 35.7 Å². The number of rotatable bonds is 6. The lowest BCUT2D eigenvalue weighted by molar-refractivity contribution is 0.339. The van der Waals surface area contributed by atoms with Crippen molar-refractivity contribution in [3.05, 3.63) is 93.5 Å². The standard InChI is InChI=1S/C25H25Cl2N3O/c1-4-31-22-15-20(30(2)3)13-14-21(22)25-28-23(16-5-9-18(26)10-6-16)24(29-25)17-7-11-19(27)12-8-17/h5-15,23-24H,4H2,1-3H3,(H,28,29). The van der Waals surface area contributed by atoms with Crippen molar-refractivity contribution in [3.8, 4) is 5.75 Å². The van der Waals surface area contributed by atoms with Crippen molar-refractivity contribution in [2.75, 3.05) is 25.6 Å². The van der Waals surface area contributed by atoms with Crippen molar-refractivity contribution in [2.24, 2.45) is 4.99 Å². The second-order valence-corrected chi connectivity index (χ2v) is 8.53. The summed E-state index contributed by atoms with van der Waals surface area (Å²) < 4.78 is 5.97. The second-order valence-electron chi connectivity index (χ2n) is 7.66. The predicted molar refractivity (Wildman–Crippen MR) is 130 cm³/mol. The highest BCUT2D eigenvalue weighted by Crippen LogP contribution is 2.39. The van der Waals surface area contributed by atoms with Gasteiger partial charge in [0.25, 0.3) is 0 Å². The van der Waals surface area contributed by atoms with E-state index in [0.29, 0.717) is 16.7 Å². The molecule has 4 rings (SSSR count). The van der Waals surface area contributed by atoms with Gasteiger partial charge in [-0.25, -0.2) is 0 Å². The number of nitrogens with zero attached hydrogens (tertiary/aromatic N) is 2. The third-order valence-corrected chi connectivity index (χ3v) is 5.86. The Morgan fingerprint density at radius 2 is 1.52 bits per heavy atom. The van der Waals surface area contributed by atoms with Crippen molar-refractivity contribution in [1.82, 2.24) is 5.32 Å². The Morgan fingerprint density at radius 3 is 2.10 bits per heavy atom. The Labute approximate surface area is 193 Å². The van der Waals surface area contributed by atoms with Crippen LogP contribution in [0.15, 0.2) is 71.7 Å². The van der Waals surface area contributed by atoms with E-state index in [1.54, 1.807) is 0 Å². The minimum atomic E-state index is -0.101. The maximum absolute atomic E-state index is 6.13. The largest absolute Gasteiger partial charge is 0.493 e. The van der Waals surface area contributed by atoms with Gasteiger partial charge in [0.2, 0.25) is 0 Å². The van der Waals surface area contributed by atoms with Crippen LogP contribution in [0.3, 0.4) is 0 Å². The maximum Gasteiger partial charge on any atom is 0.133 e. The number of amidine groups is 1. The van der Waals surface area contributed by atoms with Crippen molar-refractivity contribution < 1.29 is 4.74 Å². The summed E-state index contributed by atoms with van der Waals surface area (Å²) in [6.45, 7) is 2.57. The molecule has 4 nitrogen and oxygen atoms in total. The summed E-state index contributed by atoms with van der Waals surface area (Å²) in [5, 5.41) is 5.05. The van der Waals surface area contributed by atoms with Crippen LogP contribution in [-0.2, 0) is 0 Å². The van der Waals surface area contributed by atoms with E-state index >= 15 is 0 Å². The van der Waals surface area contributed by atoms with E-state index in [4.69, 9.17) is 32.9 Å². The molecule has 0 saturated heterocycles. The number of ether oxygens (including phenoxy) is 1. The highest BCUT2D eigenvalue weighted by atomic mass is 35.5. The first-order chi connectivity index (χ1) is 15.0. The van der Waals surface area contributed by atoms with Gasteiger partial charge in [-0.3, -0.25) is 4.99 Å². The highest BCUT2D eigenvalue weighted by molar-refractivity contribution is 6.30. The first kappa shape index (κ1) is 21.5. The molecule has 0 aromatic heterocycles. The molecule has 1 aliphatic rings. The highest BCUT2D eigenvalue weighted by Gasteiger charge is 2.33. The Morgan fingerprint density at radius 1 is 0.903 bits per heavy atom. The van der Waals surface area contributed by atoms with Crippen molar-refractivity contribution in [1.29, 1.82) is 0 Å². The van der Waals surface area contributed by atoms with Gasteiger partial charge in [-0.05, 0) is 54.4 Å². The molecule has 0 fully saturated rings. The molecule has 0 radical (unpaired) electrons. The number of hydrogen-bond acceptors (Lipinski definition) is 4. The second kappa shape index (κ2) is 9.21. The lowest BCUT2D eigenvalue weighted by Crippen LogP contribution is -2.25. The molecule has 1 aliphatic heterocycles. The molecule has 31 heavy (non-hydrogen) atoms. The van der Waals surface area contributed by atoms with Gasteiger partial charge in [0, 0.05) is 35.9 Å². The summed E-state index contributed by atoms with van der Waals surface area (Å²) in [5.74, 6) is 1.63. The third-order valence-electron chi connectivity index (χ3n) is 5.35. The Bertz CT molecular complexity index is 1080. The topological polar surface area (TPSA) is 36.9 Å². The molecule has 3 aromatic rings. The zero-order valence-electron chi connectivity index (χ0n) is 17.8. The van der Waals surface area contributed by atoms with Crippen LogP contribution in [0.2, 0.25) is 10.0 Å². The van der Waals surface area contributed by atoms with E-state index in [1.165, 1.54) is 0 Å². The Kier molecular flexibility index (Phi) is 6.40. The molecule has 2 unspecified atom stereocenters. The molecule has 6 heteroatoms. The van der Waals surface area contributed by atoms with Crippen molar-refractivity contribution in [3.63, 3.8) is 0 Å². The van der Waals surface area contributed by atoms with Crippen molar-refractivity contribution in [2.45, 2.75) is 19.0 Å². The van der Waals surface area contributed by atoms with Crippen LogP contribution in [-0.4, -0.2) is 26.5 Å². The van der Waals surface area contributed by atoms with E-state index in [9.17, 15) is 0 Å². The molecule has 0 bridgehead atoms. The van der Waals surface area contributed by atoms with Gasteiger partial charge in [0.15, 0.2) is 0 Å². The van der Waals surface area contributed by atoms with Gasteiger partial charge in [0.1, 0.15) is 17.6 Å². The third kappa shape index (κ3) is 4.65. The first-order valence-corrected chi connectivity index (χ1v) is 11.0. The Balaban J connectivity index is 1.77. The molecular weight excluding hydrogens is 429 g/mol. The van der Waals surface area contributed by atoms with Crippen LogP contribution in [0.4, 0.5) is 5.69 Å². The van der Waals surface area contributed by atoms with Crippen LogP contribution in [0.25, 0.3) is 0 Å². The van der Waals surface area contributed by atoms with Gasteiger partial charge in [0.05, 0.1) is 18.2 Å². The minimum Gasteiger partial charge on any atom is -0.493 e. The van der Waals surface area contributed by atoms with Crippen LogP contribution in [0.5, 0.6) is 5.75 Å². The van der Waals surface area contributed by atoms with E-state index in [-0.39, 0.29) is 12.1 Å². The molecule has 0 amide bonds. The number of hydrogen-bond donors (Lipinski definition) is 1. The number of nitrogens with one attached hydrogen (secondary N) is 1. The molecule has 1 N–H and O–H groups in total. The lowest BCUT2D eigenvalue weighted by Gasteiger charge is -2.20. The molecule has 1 heterocycles. The van der Waals surface area contributed by atoms with Gasteiger partial charge < -0.3 is 15.0 Å². The summed E-state index contributed by atoms with van der Waals surface area (Å²) in [4.78, 5) is 7.15. The Hall–Kier alpha value is -2.69. The summed E-state index contributed by atoms with van der Waals surface area (Å²) in [5.41, 5.74) is 4.23. The van der Waals surface area contributed by atoms with E-state index < -0.39 is 0 Å². The first-order valence-electron chi connectivity index (χ1n) is 10.3. The smallest absolute Gasteiger partial charge is 0.133 e. The number of anilines is 1. The summed E-state index contributed by atoms with van der Waals surface area (Å²) in [6, 6.07) is 21.8. The molecular formula is C25H25Cl2N3O. The van der Waals surface area contributed by atoms with Gasteiger partial charge in [-0.2, -0.15) is 0 Å². The summed E-state index contributed by atoms with van der Waals surface area (Å²) in [7, 11) is 4.03. The SMILES string of the molecule is CCOc1cc(N(C)C)ccc1C1=NC(c2ccc(Cl)cc2)C(c2ccc(Cl)cc2)N1. The molecule has 160 valence electrons. The fourth-order valence-corrected chi connectivity index (χ4v) is 4.00. The quantitative estimate of drug-likeness (QED) is 0.476. The summed E-state index contributed by atoms with van der Waals surface area (Å²) in [6.07, 6.45) is 0. The van der Waals surface area contributed by atoms with E-state index in [1.807, 2.05) is 69.6 Å². The fourth-order valence-electron chi connectivity index (χ4n) is 3.75. The number of aliphatic imine (C=N–C) groups is 1. The zero-order chi connectivity index (χ0) is 22.0. The van der Waals surface area contributed by atoms with Crippen LogP contribution >= 0.6 is 23.2 Å². The summed E-state index contributed by atoms with van der Waals surface area (Å²) >= 11 is 12.2. The molecule has 2 atom stereocenters. The maximum atomic E-state index is 6.13. The monoisotopic (exact) mass is 453 g/mol. The molecule has 0 aliphatic carbocycles. The average Bonchev–Trinajstić information content (AvgIpc) is 3.20. The van der Waals surface area contributed by atoms with Gasteiger partial charge in [-0.1, -0.05) is 47.5 Å². The zero-order valence-corrected chi connectivity index (χ0v) is 19.3. The van der Waals surface area contributed by atoms with Crippen LogP contribution < -0.4 is 15.0 Å². The minimum absolute atomic E-state index is 0.0311. The molecule has 3 aromatic carbocycles. The lowest BCUT2D eigenvalue weighted by atomic mass is 9.95. The molecule has 0 saturated carbocycles. The number of halogens is 2. The van der Waals surface area contributed by atoms with Gasteiger partial charge in [-0.15, -0.1) is 0 Å². The van der Waals surface area contributed by atoms with E-state index in [0.717, 1.165) is 34.0 Å². The van der Waals surface area contributed by atoms with Crippen molar-refractivity contribution >= 4 is 34.7 Å². The average molecular weight is 454 g/mol. The van der Waals surface area contributed by atoms with Crippen LogP contribution in [0, 0.1) is 0 Å². The molecule has 0 spiro atoms. The number of benzene rings is 3. The fraction of sp³-hybridized carbons (Fsp3) is 0.240. The van der Waals surface area contributed by atoms with Gasteiger partial charge >= 0.3 is 0 Å². The van der Waals surface area contributed by atoms with E-state index in [2.05, 4.69) is 28.4 Å². The normalized spacial score (nSPS) is 17.8. The predicted octanol–water partition coefficient (Wildman–Crippen LogP) is 6.29.